The van der Waals surface area contributed by atoms with Gasteiger partial charge in [-0.2, -0.15) is 0 Å². The first kappa shape index (κ1) is 75.5. The van der Waals surface area contributed by atoms with E-state index >= 15 is 0 Å². The van der Waals surface area contributed by atoms with E-state index in [0.717, 1.165) is 0 Å². The standard InChI is InChI=1S/Ca.6FH.H3O4P.2H/c;;;;;;;1-5(2,3)4;;/h;6*1H;(H3,1,2,3,4);;. The molecular formula is H11CaF6O4P. The average Bonchev–Trinajstić information content (AvgIpc) is 0.722. The van der Waals surface area contributed by atoms with Crippen LogP contribution in [-0.2, 0) is 4.57 Å². The summed E-state index contributed by atoms with van der Waals surface area (Å²) in [6.07, 6.45) is 0. The Bertz CT molecular complexity index is 65.7. The molecule has 12 heteroatoms. The predicted octanol–water partition coefficient (Wildman–Crippen LogP) is -0.930. The van der Waals surface area contributed by atoms with Gasteiger partial charge in [0.1, 0.15) is 0 Å². The third kappa shape index (κ3) is 1200. The zero-order valence-corrected chi connectivity index (χ0v) is 5.54. The van der Waals surface area contributed by atoms with Crippen LogP contribution < -0.4 is 0 Å². The fourth-order valence-electron chi connectivity index (χ4n) is 0. The van der Waals surface area contributed by atoms with Crippen LogP contribution in [0, 0.1) is 0 Å². The number of hydrogen-bond acceptors (Lipinski definition) is 1. The zero-order chi connectivity index (χ0) is 4.50. The second-order valence-corrected chi connectivity index (χ2v) is 1.54. The van der Waals surface area contributed by atoms with Crippen molar-refractivity contribution < 1.29 is 47.5 Å². The molecule has 0 radical (unpaired) electrons. The molecule has 0 atom stereocenters. The Morgan fingerprint density at radius 1 is 0.667 bits per heavy atom. The molecule has 0 aromatic rings. The molecule has 0 aromatic carbocycles. The molecule has 0 fully saturated rings. The number of rotatable bonds is 0. The van der Waals surface area contributed by atoms with Gasteiger partial charge in [0, 0.05) is 0 Å². The normalized spacial score (nSPS) is 4.92. The summed E-state index contributed by atoms with van der Waals surface area (Å²) in [5, 5.41) is 0. The Morgan fingerprint density at radius 2 is 0.667 bits per heavy atom. The summed E-state index contributed by atoms with van der Waals surface area (Å²) < 4.78 is 8.88. The SMILES string of the molecule is F.F.F.F.F.F.O=P(O)(O)O.[CaH2]. The van der Waals surface area contributed by atoms with Crippen molar-refractivity contribution in [2.75, 3.05) is 0 Å². The Kier molecular flexibility index (Phi) is 187. The van der Waals surface area contributed by atoms with Crippen molar-refractivity contribution in [1.29, 1.82) is 0 Å². The maximum absolute atomic E-state index is 8.88. The first-order chi connectivity index (χ1) is 2.00. The van der Waals surface area contributed by atoms with Crippen LogP contribution in [0.25, 0.3) is 0 Å². The van der Waals surface area contributed by atoms with Gasteiger partial charge in [0.15, 0.2) is 0 Å². The molecule has 0 aliphatic rings. The summed E-state index contributed by atoms with van der Waals surface area (Å²) in [6.45, 7) is 0. The molecule has 0 bridgehead atoms. The molecular weight excluding hydrogens is 249 g/mol. The van der Waals surface area contributed by atoms with Gasteiger partial charge < -0.3 is 14.7 Å². The van der Waals surface area contributed by atoms with Crippen LogP contribution in [0.3, 0.4) is 0 Å². The molecule has 0 heterocycles. The second kappa shape index (κ2) is 29.7. The van der Waals surface area contributed by atoms with E-state index in [0.29, 0.717) is 0 Å². The summed E-state index contributed by atoms with van der Waals surface area (Å²) >= 11 is 0. The Hall–Kier alpha value is 0.950. The molecule has 0 unspecified atom stereocenters. The summed E-state index contributed by atoms with van der Waals surface area (Å²) in [4.78, 5) is 21.6. The molecule has 12 heavy (non-hydrogen) atoms. The molecule has 0 spiro atoms. The quantitative estimate of drug-likeness (QED) is 0.299. The fraction of sp³-hybridized carbons (Fsp3) is 0. The van der Waals surface area contributed by atoms with Crippen LogP contribution in [0.2, 0.25) is 0 Å². The number of hydrogen-bond donors (Lipinski definition) is 3. The van der Waals surface area contributed by atoms with E-state index in [9.17, 15) is 0 Å². The minimum absolute atomic E-state index is 0. The van der Waals surface area contributed by atoms with Gasteiger partial charge in [-0.3, -0.25) is 28.2 Å². The number of phosphoric acid groups is 1. The van der Waals surface area contributed by atoms with Crippen LogP contribution >= 0.6 is 7.82 Å². The number of halogens is 6. The van der Waals surface area contributed by atoms with Crippen molar-refractivity contribution in [3.05, 3.63) is 0 Å². The third-order valence-electron chi connectivity index (χ3n) is 0. The van der Waals surface area contributed by atoms with Gasteiger partial charge in [-0.1, -0.05) is 0 Å². The van der Waals surface area contributed by atoms with Crippen molar-refractivity contribution in [2.24, 2.45) is 0 Å². The molecule has 0 aromatic heterocycles. The summed E-state index contributed by atoms with van der Waals surface area (Å²) in [7, 11) is -4.64. The van der Waals surface area contributed by atoms with Crippen LogP contribution in [0.1, 0.15) is 0 Å². The van der Waals surface area contributed by atoms with Gasteiger partial charge in [-0.25, -0.2) is 4.57 Å². The van der Waals surface area contributed by atoms with E-state index < -0.39 is 7.82 Å². The molecule has 0 saturated carbocycles. The van der Waals surface area contributed by atoms with Gasteiger partial charge >= 0.3 is 45.6 Å². The van der Waals surface area contributed by atoms with E-state index in [2.05, 4.69) is 0 Å². The van der Waals surface area contributed by atoms with E-state index in [1.54, 1.807) is 0 Å². The first-order valence-corrected chi connectivity index (χ1v) is 2.35. The summed E-state index contributed by atoms with van der Waals surface area (Å²) in [6, 6.07) is 0. The average molecular weight is 260 g/mol. The van der Waals surface area contributed by atoms with Gasteiger partial charge in [0.2, 0.25) is 0 Å². The summed E-state index contributed by atoms with van der Waals surface area (Å²) in [5.41, 5.74) is 0. The van der Waals surface area contributed by atoms with E-state index in [4.69, 9.17) is 19.2 Å². The second-order valence-electron chi connectivity index (χ2n) is 0.513. The molecule has 84 valence electrons. The van der Waals surface area contributed by atoms with E-state index in [1.807, 2.05) is 0 Å². The van der Waals surface area contributed by atoms with Gasteiger partial charge in [-0.05, 0) is 0 Å². The zero-order valence-electron chi connectivity index (χ0n) is 4.65. The summed E-state index contributed by atoms with van der Waals surface area (Å²) in [5.74, 6) is 0. The van der Waals surface area contributed by atoms with Gasteiger partial charge in [0.25, 0.3) is 0 Å². The third-order valence-corrected chi connectivity index (χ3v) is 0. The van der Waals surface area contributed by atoms with Crippen LogP contribution in [0.5, 0.6) is 0 Å². The molecule has 0 rings (SSSR count). The maximum atomic E-state index is 8.88. The molecule has 0 aliphatic carbocycles. The first-order valence-electron chi connectivity index (χ1n) is 0.783. The van der Waals surface area contributed by atoms with Crippen molar-refractivity contribution >= 4 is 45.6 Å². The Labute approximate surface area is 92.8 Å². The van der Waals surface area contributed by atoms with Crippen molar-refractivity contribution in [1.82, 2.24) is 0 Å². The van der Waals surface area contributed by atoms with Crippen molar-refractivity contribution in [2.45, 2.75) is 0 Å². The van der Waals surface area contributed by atoms with E-state index in [-0.39, 0.29) is 66.0 Å². The van der Waals surface area contributed by atoms with Crippen LogP contribution in [-0.4, -0.2) is 52.4 Å². The topological polar surface area (TPSA) is 77.8 Å². The predicted molar refractivity (Wildman–Crippen MR) is 37.8 cm³/mol. The van der Waals surface area contributed by atoms with Crippen LogP contribution in [0.15, 0.2) is 0 Å². The molecule has 4 nitrogen and oxygen atoms in total. The molecule has 3 N–H and O–H groups in total. The monoisotopic (exact) mass is 260 g/mol. The van der Waals surface area contributed by atoms with Gasteiger partial charge in [0.05, 0.1) is 0 Å². The molecule has 0 amide bonds. The molecule has 0 saturated heterocycles. The fourth-order valence-corrected chi connectivity index (χ4v) is 0. The van der Waals surface area contributed by atoms with Gasteiger partial charge in [-0.15, -0.1) is 0 Å². The van der Waals surface area contributed by atoms with Crippen molar-refractivity contribution in [3.8, 4) is 0 Å². The Balaban J connectivity index is -0.00000000381. The van der Waals surface area contributed by atoms with Crippen LogP contribution in [0.4, 0.5) is 28.2 Å². The minimum atomic E-state index is -4.64. The van der Waals surface area contributed by atoms with E-state index in [1.165, 1.54) is 0 Å². The molecule has 0 aliphatic heterocycles. The van der Waals surface area contributed by atoms with Crippen molar-refractivity contribution in [3.63, 3.8) is 0 Å². The Morgan fingerprint density at radius 3 is 0.667 bits per heavy atom.